The van der Waals surface area contributed by atoms with Gasteiger partial charge in [0.05, 0.1) is 5.69 Å². The standard InChI is InChI=1S/C15H20FN3O/c16-12-9-11(15(17)18-20)6-7-14(12)19-8-2-4-10-3-1-5-13(10)19/h6-7,9-10,13,20H,1-5,8H2,(H2,17,18). The zero-order chi connectivity index (χ0) is 14.1. The average molecular weight is 277 g/mol. The second-order valence-corrected chi connectivity index (χ2v) is 5.75. The third-order valence-electron chi connectivity index (χ3n) is 4.65. The molecule has 2 atom stereocenters. The van der Waals surface area contributed by atoms with Gasteiger partial charge in [0.15, 0.2) is 5.84 Å². The molecule has 1 aromatic carbocycles. The molecule has 2 aliphatic rings. The molecule has 0 aromatic heterocycles. The Morgan fingerprint density at radius 3 is 2.85 bits per heavy atom. The molecule has 1 aliphatic heterocycles. The van der Waals surface area contributed by atoms with Crippen LogP contribution in [-0.4, -0.2) is 23.6 Å². The van der Waals surface area contributed by atoms with Crippen LogP contribution in [0.2, 0.25) is 0 Å². The van der Waals surface area contributed by atoms with E-state index in [1.165, 1.54) is 25.3 Å². The van der Waals surface area contributed by atoms with Crippen LogP contribution in [0.25, 0.3) is 0 Å². The van der Waals surface area contributed by atoms with Crippen LogP contribution in [0.3, 0.4) is 0 Å². The van der Waals surface area contributed by atoms with Gasteiger partial charge in [0.2, 0.25) is 0 Å². The molecular weight excluding hydrogens is 257 g/mol. The first-order valence-corrected chi connectivity index (χ1v) is 7.25. The van der Waals surface area contributed by atoms with E-state index in [-0.39, 0.29) is 11.7 Å². The van der Waals surface area contributed by atoms with Crippen LogP contribution in [0.5, 0.6) is 0 Å². The Hall–Kier alpha value is -1.78. The fourth-order valence-electron chi connectivity index (χ4n) is 3.71. The molecular formula is C15H20FN3O. The first kappa shape index (κ1) is 13.2. The molecule has 4 nitrogen and oxygen atoms in total. The predicted octanol–water partition coefficient (Wildman–Crippen LogP) is 2.69. The Balaban J connectivity index is 1.90. The molecule has 20 heavy (non-hydrogen) atoms. The summed E-state index contributed by atoms with van der Waals surface area (Å²) in [6.45, 7) is 0.918. The number of amidine groups is 1. The second-order valence-electron chi connectivity index (χ2n) is 5.75. The normalized spacial score (nSPS) is 26.6. The Bertz CT molecular complexity index is 532. The summed E-state index contributed by atoms with van der Waals surface area (Å²) >= 11 is 0. The van der Waals surface area contributed by atoms with Crippen LogP contribution < -0.4 is 10.6 Å². The number of halogens is 1. The van der Waals surface area contributed by atoms with E-state index in [2.05, 4.69) is 10.1 Å². The number of nitrogens with two attached hydrogens (primary N) is 1. The highest BCUT2D eigenvalue weighted by Crippen LogP contribution is 2.39. The van der Waals surface area contributed by atoms with Gasteiger partial charge in [-0.25, -0.2) is 4.39 Å². The summed E-state index contributed by atoms with van der Waals surface area (Å²) < 4.78 is 14.4. The minimum atomic E-state index is -0.290. The summed E-state index contributed by atoms with van der Waals surface area (Å²) in [7, 11) is 0. The molecule has 3 rings (SSSR count). The van der Waals surface area contributed by atoms with Crippen molar-refractivity contribution in [1.82, 2.24) is 0 Å². The van der Waals surface area contributed by atoms with Crippen molar-refractivity contribution in [2.45, 2.75) is 38.1 Å². The number of rotatable bonds is 2. The van der Waals surface area contributed by atoms with Gasteiger partial charge in [-0.2, -0.15) is 0 Å². The van der Waals surface area contributed by atoms with Crippen LogP contribution in [-0.2, 0) is 0 Å². The first-order chi connectivity index (χ1) is 9.70. The van der Waals surface area contributed by atoms with Crippen molar-refractivity contribution < 1.29 is 9.60 Å². The number of anilines is 1. The third kappa shape index (κ3) is 2.21. The molecule has 5 heteroatoms. The number of nitrogens with zero attached hydrogens (tertiary/aromatic N) is 2. The van der Waals surface area contributed by atoms with E-state index in [1.807, 2.05) is 0 Å². The number of hydrogen-bond donors (Lipinski definition) is 2. The Kier molecular flexibility index (Phi) is 3.51. The van der Waals surface area contributed by atoms with Gasteiger partial charge in [-0.1, -0.05) is 11.6 Å². The average Bonchev–Trinajstić information content (AvgIpc) is 2.95. The van der Waals surface area contributed by atoms with Crippen LogP contribution in [0.4, 0.5) is 10.1 Å². The van der Waals surface area contributed by atoms with Crippen molar-refractivity contribution in [3.05, 3.63) is 29.6 Å². The summed E-state index contributed by atoms with van der Waals surface area (Å²) in [5.41, 5.74) is 6.56. The predicted molar refractivity (Wildman–Crippen MR) is 76.6 cm³/mol. The largest absolute Gasteiger partial charge is 0.409 e. The number of hydrogen-bond acceptors (Lipinski definition) is 3. The molecule has 1 saturated carbocycles. The SMILES string of the molecule is NC(=NO)c1ccc(N2CCCC3CCCC32)c(F)c1. The zero-order valence-electron chi connectivity index (χ0n) is 11.4. The molecule has 3 N–H and O–H groups in total. The van der Waals surface area contributed by atoms with Crippen molar-refractivity contribution in [2.75, 3.05) is 11.4 Å². The van der Waals surface area contributed by atoms with Crippen molar-refractivity contribution in [3.8, 4) is 0 Å². The minimum absolute atomic E-state index is 0.0622. The lowest BCUT2D eigenvalue weighted by Crippen LogP contribution is -2.43. The van der Waals surface area contributed by atoms with Gasteiger partial charge >= 0.3 is 0 Å². The highest BCUT2D eigenvalue weighted by Gasteiger charge is 2.35. The van der Waals surface area contributed by atoms with E-state index >= 15 is 0 Å². The van der Waals surface area contributed by atoms with Crippen molar-refractivity contribution in [3.63, 3.8) is 0 Å². The highest BCUT2D eigenvalue weighted by atomic mass is 19.1. The summed E-state index contributed by atoms with van der Waals surface area (Å²) in [6.07, 6.45) is 6.07. The highest BCUT2D eigenvalue weighted by molar-refractivity contribution is 5.97. The molecule has 0 spiro atoms. The molecule has 0 bridgehead atoms. The number of benzene rings is 1. The van der Waals surface area contributed by atoms with Crippen molar-refractivity contribution in [2.24, 2.45) is 16.8 Å². The fraction of sp³-hybridized carbons (Fsp3) is 0.533. The molecule has 0 radical (unpaired) electrons. The van der Waals surface area contributed by atoms with Gasteiger partial charge < -0.3 is 15.8 Å². The topological polar surface area (TPSA) is 61.9 Å². The molecule has 1 saturated heterocycles. The van der Waals surface area contributed by atoms with E-state index in [0.717, 1.165) is 19.4 Å². The Labute approximate surface area is 118 Å². The molecule has 2 fully saturated rings. The molecule has 0 amide bonds. The van der Waals surface area contributed by atoms with Crippen LogP contribution >= 0.6 is 0 Å². The molecule has 1 aromatic rings. The molecule has 1 aliphatic carbocycles. The molecule has 2 unspecified atom stereocenters. The Morgan fingerprint density at radius 2 is 2.10 bits per heavy atom. The summed E-state index contributed by atoms with van der Waals surface area (Å²) in [6, 6.07) is 5.30. The van der Waals surface area contributed by atoms with E-state index < -0.39 is 0 Å². The number of oxime groups is 1. The van der Waals surface area contributed by atoms with Gasteiger partial charge in [-0.05, 0) is 49.8 Å². The minimum Gasteiger partial charge on any atom is -0.409 e. The van der Waals surface area contributed by atoms with Crippen LogP contribution in [0.15, 0.2) is 23.4 Å². The molecule has 108 valence electrons. The quantitative estimate of drug-likeness (QED) is 0.378. The van der Waals surface area contributed by atoms with E-state index in [1.54, 1.807) is 12.1 Å². The monoisotopic (exact) mass is 277 g/mol. The lowest BCUT2D eigenvalue weighted by molar-refractivity contribution is 0.318. The lowest BCUT2D eigenvalue weighted by Gasteiger charge is -2.39. The van der Waals surface area contributed by atoms with Crippen LogP contribution in [0, 0.1) is 11.7 Å². The summed E-state index contributed by atoms with van der Waals surface area (Å²) in [5.74, 6) is 0.362. The number of piperidine rings is 1. The van der Waals surface area contributed by atoms with Crippen molar-refractivity contribution in [1.29, 1.82) is 0 Å². The molecule has 1 heterocycles. The van der Waals surface area contributed by atoms with E-state index in [0.29, 0.717) is 23.2 Å². The maximum Gasteiger partial charge on any atom is 0.170 e. The smallest absolute Gasteiger partial charge is 0.170 e. The third-order valence-corrected chi connectivity index (χ3v) is 4.65. The van der Waals surface area contributed by atoms with Gasteiger partial charge in [-0.15, -0.1) is 0 Å². The first-order valence-electron chi connectivity index (χ1n) is 7.25. The summed E-state index contributed by atoms with van der Waals surface area (Å²) in [4.78, 5) is 2.21. The van der Waals surface area contributed by atoms with E-state index in [4.69, 9.17) is 10.9 Å². The van der Waals surface area contributed by atoms with Gasteiger partial charge in [0.1, 0.15) is 5.82 Å². The fourth-order valence-corrected chi connectivity index (χ4v) is 3.71. The summed E-state index contributed by atoms with van der Waals surface area (Å²) in [5, 5.41) is 11.6. The van der Waals surface area contributed by atoms with Gasteiger partial charge in [0.25, 0.3) is 0 Å². The van der Waals surface area contributed by atoms with Gasteiger partial charge in [0, 0.05) is 18.2 Å². The van der Waals surface area contributed by atoms with E-state index in [9.17, 15) is 4.39 Å². The van der Waals surface area contributed by atoms with Crippen LogP contribution in [0.1, 0.15) is 37.7 Å². The maximum atomic E-state index is 14.4. The number of fused-ring (bicyclic) bond motifs is 1. The van der Waals surface area contributed by atoms with Crippen molar-refractivity contribution >= 4 is 11.5 Å². The Morgan fingerprint density at radius 1 is 1.30 bits per heavy atom. The maximum absolute atomic E-state index is 14.4. The lowest BCUT2D eigenvalue weighted by atomic mass is 9.91. The zero-order valence-corrected chi connectivity index (χ0v) is 11.4. The second kappa shape index (κ2) is 5.31. The van der Waals surface area contributed by atoms with Gasteiger partial charge in [-0.3, -0.25) is 0 Å².